The van der Waals surface area contributed by atoms with Gasteiger partial charge < -0.3 is 15.4 Å². The first-order valence-electron chi connectivity index (χ1n) is 8.93. The molecule has 8 heteroatoms. The van der Waals surface area contributed by atoms with Gasteiger partial charge >= 0.3 is 0 Å². The van der Waals surface area contributed by atoms with Gasteiger partial charge in [0.05, 0.1) is 12.8 Å². The van der Waals surface area contributed by atoms with E-state index < -0.39 is 11.6 Å². The molecule has 0 fully saturated rings. The minimum atomic E-state index is -0.759. The molecule has 0 aliphatic rings. The third kappa shape index (κ3) is 5.47. The molecule has 3 rings (SSSR count). The van der Waals surface area contributed by atoms with Crippen molar-refractivity contribution in [1.29, 1.82) is 0 Å². The number of ether oxygens (including phenoxy) is 1. The molecule has 0 aliphatic heterocycles. The molecule has 150 valence electrons. The zero-order valence-corrected chi connectivity index (χ0v) is 16.0. The highest BCUT2D eigenvalue weighted by atomic mass is 19.1. The molecule has 0 bridgehead atoms. The lowest BCUT2D eigenvalue weighted by atomic mass is 10.1. The zero-order valence-electron chi connectivity index (χ0n) is 16.0. The molecule has 3 aromatic rings. The van der Waals surface area contributed by atoms with Crippen LogP contribution >= 0.6 is 0 Å². The molecule has 0 unspecified atom stereocenters. The summed E-state index contributed by atoms with van der Waals surface area (Å²) in [5.74, 6) is -0.477. The second-order valence-electron chi connectivity index (χ2n) is 6.29. The molecule has 29 heavy (non-hydrogen) atoms. The fourth-order valence-corrected chi connectivity index (χ4v) is 2.72. The number of carbonyl (C=O) groups excluding carboxylic acids is 1. The van der Waals surface area contributed by atoms with Crippen LogP contribution in [0, 0.1) is 18.6 Å². The number of carbonyl (C=O) groups is 1. The number of aromatic nitrogens is 2. The predicted octanol–water partition coefficient (Wildman–Crippen LogP) is 3.79. The third-order valence-corrected chi connectivity index (χ3v) is 4.10. The Morgan fingerprint density at radius 2 is 1.93 bits per heavy atom. The highest BCUT2D eigenvalue weighted by Crippen LogP contribution is 2.20. The van der Waals surface area contributed by atoms with Crippen molar-refractivity contribution in [3.05, 3.63) is 77.2 Å². The molecule has 2 aromatic carbocycles. The molecule has 0 saturated carbocycles. The highest BCUT2D eigenvalue weighted by Gasteiger charge is 2.12. The number of benzene rings is 2. The normalized spacial score (nSPS) is 10.5. The van der Waals surface area contributed by atoms with Crippen LogP contribution in [0.25, 0.3) is 0 Å². The van der Waals surface area contributed by atoms with Crippen molar-refractivity contribution < 1.29 is 18.3 Å². The van der Waals surface area contributed by atoms with Crippen LogP contribution in [0.4, 0.5) is 20.3 Å². The van der Waals surface area contributed by atoms with Crippen LogP contribution in [-0.2, 0) is 6.42 Å². The average molecular weight is 398 g/mol. The number of rotatable bonds is 7. The van der Waals surface area contributed by atoms with E-state index >= 15 is 0 Å². The first-order valence-corrected chi connectivity index (χ1v) is 8.93. The second-order valence-corrected chi connectivity index (χ2v) is 6.29. The lowest BCUT2D eigenvalue weighted by molar-refractivity contribution is 0.0949. The first-order chi connectivity index (χ1) is 13.9. The maximum absolute atomic E-state index is 13.8. The molecule has 1 heterocycles. The number of anilines is 2. The summed E-state index contributed by atoms with van der Waals surface area (Å²) in [6.07, 6.45) is 0.624. The molecule has 0 spiro atoms. The van der Waals surface area contributed by atoms with Crippen molar-refractivity contribution in [1.82, 2.24) is 15.3 Å². The predicted molar refractivity (Wildman–Crippen MR) is 105 cm³/mol. The number of nitrogens with one attached hydrogen (secondary N) is 2. The highest BCUT2D eigenvalue weighted by molar-refractivity contribution is 5.93. The largest absolute Gasteiger partial charge is 0.497 e. The van der Waals surface area contributed by atoms with Crippen molar-refractivity contribution in [2.24, 2.45) is 0 Å². The van der Waals surface area contributed by atoms with Crippen molar-refractivity contribution in [3.8, 4) is 5.75 Å². The van der Waals surface area contributed by atoms with Gasteiger partial charge in [0.25, 0.3) is 5.91 Å². The van der Waals surface area contributed by atoms with Crippen LogP contribution in [0.5, 0.6) is 5.75 Å². The Bertz CT molecular complexity index is 1030. The Kier molecular flexibility index (Phi) is 6.33. The maximum atomic E-state index is 13.8. The lowest BCUT2D eigenvalue weighted by Crippen LogP contribution is -2.27. The van der Waals surface area contributed by atoms with Gasteiger partial charge in [-0.1, -0.05) is 12.1 Å². The molecular weight excluding hydrogens is 378 g/mol. The Hall–Kier alpha value is -3.55. The maximum Gasteiger partial charge on any atom is 0.270 e. The van der Waals surface area contributed by atoms with Crippen LogP contribution in [0.3, 0.4) is 0 Å². The van der Waals surface area contributed by atoms with Gasteiger partial charge in [0, 0.05) is 18.7 Å². The van der Waals surface area contributed by atoms with Gasteiger partial charge in [-0.15, -0.1) is 0 Å². The summed E-state index contributed by atoms with van der Waals surface area (Å²) in [7, 11) is 1.60. The third-order valence-electron chi connectivity index (χ3n) is 4.10. The second kappa shape index (κ2) is 9.09. The number of hydrogen-bond donors (Lipinski definition) is 2. The van der Waals surface area contributed by atoms with Gasteiger partial charge in [0.15, 0.2) is 0 Å². The summed E-state index contributed by atoms with van der Waals surface area (Å²) >= 11 is 0. The molecule has 1 aromatic heterocycles. The average Bonchev–Trinajstić information content (AvgIpc) is 2.70. The number of halogens is 2. The van der Waals surface area contributed by atoms with Crippen LogP contribution in [-0.4, -0.2) is 29.5 Å². The number of hydrogen-bond acceptors (Lipinski definition) is 5. The molecule has 2 N–H and O–H groups in total. The minimum absolute atomic E-state index is 0.0499. The van der Waals surface area contributed by atoms with E-state index in [1.165, 1.54) is 12.1 Å². The monoisotopic (exact) mass is 398 g/mol. The Balaban J connectivity index is 1.65. The van der Waals surface area contributed by atoms with Gasteiger partial charge in [-0.3, -0.25) is 4.79 Å². The summed E-state index contributed by atoms with van der Waals surface area (Å²) in [4.78, 5) is 20.7. The molecule has 0 atom stereocenters. The van der Waals surface area contributed by atoms with Crippen molar-refractivity contribution in [3.63, 3.8) is 0 Å². The van der Waals surface area contributed by atoms with Gasteiger partial charge in [0.2, 0.25) is 0 Å². The fourth-order valence-electron chi connectivity index (χ4n) is 2.72. The van der Waals surface area contributed by atoms with E-state index in [1.807, 2.05) is 24.3 Å². The molecule has 0 aliphatic carbocycles. The van der Waals surface area contributed by atoms with Crippen LogP contribution < -0.4 is 15.4 Å². The van der Waals surface area contributed by atoms with Crippen LogP contribution in [0.1, 0.15) is 21.9 Å². The Morgan fingerprint density at radius 3 is 2.69 bits per heavy atom. The van der Waals surface area contributed by atoms with Gasteiger partial charge in [-0.25, -0.2) is 18.7 Å². The molecular formula is C21H20F2N4O2. The van der Waals surface area contributed by atoms with Crippen molar-refractivity contribution in [2.75, 3.05) is 19.0 Å². The molecule has 0 saturated heterocycles. The summed E-state index contributed by atoms with van der Waals surface area (Å²) in [6, 6.07) is 12.2. The van der Waals surface area contributed by atoms with Crippen LogP contribution in [0.2, 0.25) is 0 Å². The topological polar surface area (TPSA) is 76.1 Å². The fraction of sp³-hybridized carbons (Fsp3) is 0.190. The number of aryl methyl sites for hydroxylation is 1. The van der Waals surface area contributed by atoms with E-state index in [2.05, 4.69) is 20.6 Å². The number of amides is 1. The van der Waals surface area contributed by atoms with Crippen molar-refractivity contribution >= 4 is 17.4 Å². The van der Waals surface area contributed by atoms with Crippen LogP contribution in [0.15, 0.2) is 48.5 Å². The summed E-state index contributed by atoms with van der Waals surface area (Å²) in [5, 5.41) is 5.54. The van der Waals surface area contributed by atoms with E-state index in [0.717, 1.165) is 23.4 Å². The van der Waals surface area contributed by atoms with E-state index in [0.29, 0.717) is 18.8 Å². The first kappa shape index (κ1) is 20.2. The van der Waals surface area contributed by atoms with E-state index in [1.54, 1.807) is 14.0 Å². The number of methoxy groups -OCH3 is 1. The minimum Gasteiger partial charge on any atom is -0.497 e. The SMILES string of the molecule is COc1cccc(CCNC(=O)c2cc(Nc3ccc(F)cc3F)nc(C)n2)c1. The standard InChI is InChI=1S/C21H20F2N4O2/c1-13-25-19(12-20(26-13)27-18-7-6-15(22)11-17(18)23)21(28)24-9-8-14-4-3-5-16(10-14)29-2/h3-7,10-12H,8-9H2,1-2H3,(H,24,28)(H,25,26,27). The Morgan fingerprint density at radius 1 is 1.10 bits per heavy atom. The van der Waals surface area contributed by atoms with Gasteiger partial charge in [-0.05, 0) is 43.2 Å². The van der Waals surface area contributed by atoms with Crippen molar-refractivity contribution in [2.45, 2.75) is 13.3 Å². The summed E-state index contributed by atoms with van der Waals surface area (Å²) in [5.41, 5.74) is 1.22. The van der Waals surface area contributed by atoms with E-state index in [9.17, 15) is 13.6 Å². The quantitative estimate of drug-likeness (QED) is 0.633. The molecule has 1 amide bonds. The van der Waals surface area contributed by atoms with E-state index in [-0.39, 0.29) is 23.1 Å². The molecule has 6 nitrogen and oxygen atoms in total. The molecule has 0 radical (unpaired) electrons. The van der Waals surface area contributed by atoms with Gasteiger partial charge in [-0.2, -0.15) is 0 Å². The summed E-state index contributed by atoms with van der Waals surface area (Å²) < 4.78 is 32.1. The Labute approximate surface area is 167 Å². The lowest BCUT2D eigenvalue weighted by Gasteiger charge is -2.10. The zero-order chi connectivity index (χ0) is 20.8. The van der Waals surface area contributed by atoms with Gasteiger partial charge in [0.1, 0.15) is 34.7 Å². The number of nitrogens with zero attached hydrogens (tertiary/aromatic N) is 2. The summed E-state index contributed by atoms with van der Waals surface area (Å²) in [6.45, 7) is 2.03. The van der Waals surface area contributed by atoms with E-state index in [4.69, 9.17) is 4.74 Å². The smallest absolute Gasteiger partial charge is 0.270 e.